The van der Waals surface area contributed by atoms with E-state index in [0.29, 0.717) is 18.1 Å². The van der Waals surface area contributed by atoms with Gasteiger partial charge in [-0.3, -0.25) is 0 Å². The SMILES string of the molecule is COc1ccc(COc2ccc(OB(O)O)cc2)cc1. The number of hydrogen-bond donors (Lipinski definition) is 2. The van der Waals surface area contributed by atoms with E-state index in [9.17, 15) is 0 Å². The molecule has 0 aliphatic carbocycles. The molecule has 0 heterocycles. The molecule has 0 saturated heterocycles. The van der Waals surface area contributed by atoms with Crippen LogP contribution in [0.1, 0.15) is 5.56 Å². The zero-order valence-electron chi connectivity index (χ0n) is 11.0. The lowest BCUT2D eigenvalue weighted by molar-refractivity contribution is 0.286. The molecule has 2 rings (SSSR count). The predicted octanol–water partition coefficient (Wildman–Crippen LogP) is 1.62. The molecule has 0 atom stereocenters. The fraction of sp³-hybridized carbons (Fsp3) is 0.143. The van der Waals surface area contributed by atoms with Crippen molar-refractivity contribution in [2.24, 2.45) is 0 Å². The first-order valence-corrected chi connectivity index (χ1v) is 6.06. The zero-order chi connectivity index (χ0) is 14.4. The molecule has 0 aliphatic heterocycles. The maximum absolute atomic E-state index is 8.66. The summed E-state index contributed by atoms with van der Waals surface area (Å²) >= 11 is 0. The van der Waals surface area contributed by atoms with E-state index >= 15 is 0 Å². The van der Waals surface area contributed by atoms with Crippen molar-refractivity contribution in [3.8, 4) is 17.2 Å². The van der Waals surface area contributed by atoms with Crippen LogP contribution in [-0.4, -0.2) is 24.5 Å². The number of methoxy groups -OCH3 is 1. The molecule has 5 nitrogen and oxygen atoms in total. The summed E-state index contributed by atoms with van der Waals surface area (Å²) in [5, 5.41) is 17.3. The molecule has 0 aliphatic rings. The van der Waals surface area contributed by atoms with Crippen molar-refractivity contribution >= 4 is 7.32 Å². The maximum Gasteiger partial charge on any atom is 0.707 e. The molecule has 2 aromatic carbocycles. The Morgan fingerprint density at radius 1 is 0.850 bits per heavy atom. The second-order valence-corrected chi connectivity index (χ2v) is 4.05. The molecule has 0 radical (unpaired) electrons. The summed E-state index contributed by atoms with van der Waals surface area (Å²) in [5.74, 6) is 1.83. The lowest BCUT2D eigenvalue weighted by atomic mass is 10.2. The van der Waals surface area contributed by atoms with Crippen molar-refractivity contribution < 1.29 is 24.2 Å². The van der Waals surface area contributed by atoms with Crippen LogP contribution in [0, 0.1) is 0 Å². The molecule has 0 amide bonds. The molecule has 0 bridgehead atoms. The van der Waals surface area contributed by atoms with E-state index < -0.39 is 7.32 Å². The Morgan fingerprint density at radius 2 is 1.40 bits per heavy atom. The van der Waals surface area contributed by atoms with Gasteiger partial charge in [-0.25, -0.2) is 0 Å². The van der Waals surface area contributed by atoms with Gasteiger partial charge in [0, 0.05) is 0 Å². The third-order valence-corrected chi connectivity index (χ3v) is 2.63. The van der Waals surface area contributed by atoms with Crippen molar-refractivity contribution in [2.45, 2.75) is 6.61 Å². The van der Waals surface area contributed by atoms with Crippen molar-refractivity contribution in [3.63, 3.8) is 0 Å². The van der Waals surface area contributed by atoms with Crippen LogP contribution in [0.15, 0.2) is 48.5 Å². The van der Waals surface area contributed by atoms with Gasteiger partial charge in [-0.2, -0.15) is 0 Å². The minimum atomic E-state index is -1.82. The summed E-state index contributed by atoms with van der Waals surface area (Å²) in [6, 6.07) is 14.2. The quantitative estimate of drug-likeness (QED) is 0.783. The Labute approximate surface area is 117 Å². The first-order chi connectivity index (χ1) is 9.67. The Hall–Kier alpha value is -2.18. The Bertz CT molecular complexity index is 524. The van der Waals surface area contributed by atoms with Crippen LogP contribution >= 0.6 is 0 Å². The van der Waals surface area contributed by atoms with Crippen molar-refractivity contribution in [3.05, 3.63) is 54.1 Å². The van der Waals surface area contributed by atoms with Crippen LogP contribution in [0.2, 0.25) is 0 Å². The number of rotatable bonds is 6. The number of hydrogen-bond acceptors (Lipinski definition) is 5. The van der Waals surface area contributed by atoms with Crippen LogP contribution in [0.5, 0.6) is 17.2 Å². The van der Waals surface area contributed by atoms with Crippen LogP contribution < -0.4 is 14.1 Å². The second-order valence-electron chi connectivity index (χ2n) is 4.05. The average Bonchev–Trinajstić information content (AvgIpc) is 2.46. The lowest BCUT2D eigenvalue weighted by Gasteiger charge is -2.08. The maximum atomic E-state index is 8.66. The van der Waals surface area contributed by atoms with Gasteiger partial charge in [0.05, 0.1) is 7.11 Å². The van der Waals surface area contributed by atoms with E-state index in [0.717, 1.165) is 11.3 Å². The molecule has 6 heteroatoms. The summed E-state index contributed by atoms with van der Waals surface area (Å²) < 4.78 is 15.4. The van der Waals surface area contributed by atoms with Gasteiger partial charge in [0.15, 0.2) is 0 Å². The molecule has 0 aromatic heterocycles. The summed E-state index contributed by atoms with van der Waals surface area (Å²) in [7, 11) is -0.195. The second kappa shape index (κ2) is 6.84. The highest BCUT2D eigenvalue weighted by Gasteiger charge is 2.10. The van der Waals surface area contributed by atoms with Gasteiger partial charge in [-0.1, -0.05) is 12.1 Å². The van der Waals surface area contributed by atoms with Crippen molar-refractivity contribution in [1.29, 1.82) is 0 Å². The summed E-state index contributed by atoms with van der Waals surface area (Å²) in [4.78, 5) is 0. The van der Waals surface area contributed by atoms with Crippen LogP contribution in [0.4, 0.5) is 0 Å². The van der Waals surface area contributed by atoms with Gasteiger partial charge in [-0.05, 0) is 42.0 Å². The highest BCUT2D eigenvalue weighted by Crippen LogP contribution is 2.19. The molecule has 0 saturated carbocycles. The molecule has 2 N–H and O–H groups in total. The molecule has 20 heavy (non-hydrogen) atoms. The van der Waals surface area contributed by atoms with Gasteiger partial charge in [0.2, 0.25) is 0 Å². The Morgan fingerprint density at radius 3 is 1.95 bits per heavy atom. The Kier molecular flexibility index (Phi) is 4.87. The van der Waals surface area contributed by atoms with Crippen LogP contribution in [0.25, 0.3) is 0 Å². The molecule has 0 unspecified atom stereocenters. The fourth-order valence-electron chi connectivity index (χ4n) is 1.62. The van der Waals surface area contributed by atoms with E-state index in [1.54, 1.807) is 31.4 Å². The third kappa shape index (κ3) is 4.19. The third-order valence-electron chi connectivity index (χ3n) is 2.63. The molecular formula is C14H15BO5. The summed E-state index contributed by atoms with van der Waals surface area (Å²) in [6.45, 7) is 0.437. The molecule has 0 spiro atoms. The van der Waals surface area contributed by atoms with E-state index in [-0.39, 0.29) is 0 Å². The molecular weight excluding hydrogens is 259 g/mol. The first kappa shape index (κ1) is 14.2. The van der Waals surface area contributed by atoms with E-state index in [2.05, 4.69) is 0 Å². The summed E-state index contributed by atoms with van der Waals surface area (Å²) in [6.07, 6.45) is 0. The van der Waals surface area contributed by atoms with E-state index in [4.69, 9.17) is 24.2 Å². The van der Waals surface area contributed by atoms with Gasteiger partial charge in [0.25, 0.3) is 0 Å². The van der Waals surface area contributed by atoms with Crippen LogP contribution in [-0.2, 0) is 6.61 Å². The normalized spacial score (nSPS) is 9.95. The number of benzene rings is 2. The van der Waals surface area contributed by atoms with Crippen LogP contribution in [0.3, 0.4) is 0 Å². The van der Waals surface area contributed by atoms with Gasteiger partial charge in [0.1, 0.15) is 23.9 Å². The lowest BCUT2D eigenvalue weighted by Crippen LogP contribution is -2.20. The largest absolute Gasteiger partial charge is 0.707 e. The van der Waals surface area contributed by atoms with Gasteiger partial charge >= 0.3 is 7.32 Å². The topological polar surface area (TPSA) is 68.2 Å². The number of ether oxygens (including phenoxy) is 2. The monoisotopic (exact) mass is 274 g/mol. The highest BCUT2D eigenvalue weighted by atomic mass is 16.6. The smallest absolute Gasteiger partial charge is 0.512 e. The zero-order valence-corrected chi connectivity index (χ0v) is 11.0. The summed E-state index contributed by atoms with van der Waals surface area (Å²) in [5.41, 5.74) is 1.02. The van der Waals surface area contributed by atoms with E-state index in [1.165, 1.54) is 0 Å². The standard InChI is InChI=1S/C14H15BO5/c1-18-12-4-2-11(3-5-12)10-19-13-6-8-14(9-7-13)20-15(16)17/h2-9,16-17H,10H2,1H3. The first-order valence-electron chi connectivity index (χ1n) is 6.06. The average molecular weight is 274 g/mol. The minimum absolute atomic E-state index is 0.358. The minimum Gasteiger partial charge on any atom is -0.512 e. The predicted molar refractivity (Wildman–Crippen MR) is 74.6 cm³/mol. The van der Waals surface area contributed by atoms with Crippen molar-refractivity contribution in [1.82, 2.24) is 0 Å². The highest BCUT2D eigenvalue weighted by molar-refractivity contribution is 6.33. The Balaban J connectivity index is 1.89. The molecule has 104 valence electrons. The van der Waals surface area contributed by atoms with E-state index in [1.807, 2.05) is 24.3 Å². The van der Waals surface area contributed by atoms with Gasteiger partial charge < -0.3 is 24.2 Å². The van der Waals surface area contributed by atoms with Gasteiger partial charge in [-0.15, -0.1) is 0 Å². The fourth-order valence-corrected chi connectivity index (χ4v) is 1.62. The molecule has 2 aromatic rings. The van der Waals surface area contributed by atoms with Crippen molar-refractivity contribution in [2.75, 3.05) is 7.11 Å². The molecule has 0 fully saturated rings.